The Kier molecular flexibility index (Phi) is 28.3. The highest BCUT2D eigenvalue weighted by molar-refractivity contribution is 6.34. The van der Waals surface area contributed by atoms with Crippen LogP contribution in [-0.2, 0) is 6.54 Å². The minimum absolute atomic E-state index is 0.0115. The lowest BCUT2D eigenvalue weighted by Gasteiger charge is -2.36. The van der Waals surface area contributed by atoms with Crippen molar-refractivity contribution in [1.82, 2.24) is 108 Å². The molecular formula is C100H108ClN33O10. The molecule has 0 spiro atoms. The first-order chi connectivity index (χ1) is 70.0. The Morgan fingerprint density at radius 3 is 1.05 bits per heavy atom. The first-order valence-electron chi connectivity index (χ1n) is 47.2. The molecule has 5 saturated heterocycles. The molecule has 144 heavy (non-hydrogen) atoms. The fourth-order valence-electron chi connectivity index (χ4n) is 18.0. The van der Waals surface area contributed by atoms with Crippen LogP contribution in [0.1, 0.15) is 28.8 Å². The second-order valence-corrected chi connectivity index (χ2v) is 35.4. The molecule has 44 heteroatoms. The van der Waals surface area contributed by atoms with Crippen molar-refractivity contribution in [2.24, 2.45) is 0 Å². The molecule has 5 fully saturated rings. The molecule has 0 unspecified atom stereocenters. The Morgan fingerprint density at radius 2 is 0.667 bits per heavy atom. The summed E-state index contributed by atoms with van der Waals surface area (Å²) in [6, 6.07) is 48.3. The van der Waals surface area contributed by atoms with Crippen molar-refractivity contribution in [2.45, 2.75) is 40.3 Å². The topological polar surface area (TPSA) is 504 Å². The summed E-state index contributed by atoms with van der Waals surface area (Å²) in [6.07, 6.45) is 13.3. The zero-order chi connectivity index (χ0) is 99.8. The van der Waals surface area contributed by atoms with E-state index in [1.807, 2.05) is 116 Å². The third-order valence-electron chi connectivity index (χ3n) is 26.0. The van der Waals surface area contributed by atoms with Gasteiger partial charge in [-0.1, -0.05) is 17.7 Å². The van der Waals surface area contributed by atoms with Crippen LogP contribution in [0.4, 0.5) is 64.0 Å². The number of aromatic nitrogens is 22. The molecule has 0 atom stereocenters. The van der Waals surface area contributed by atoms with Gasteiger partial charge in [0.05, 0.1) is 78.9 Å². The number of halogens is 1. The summed E-state index contributed by atoms with van der Waals surface area (Å²) in [4.78, 5) is 110. The minimum Gasteiger partial charge on any atom is -0.508 e. The Labute approximate surface area is 829 Å². The van der Waals surface area contributed by atoms with Gasteiger partial charge in [-0.05, 0) is 185 Å². The number of benzene rings is 6. The summed E-state index contributed by atoms with van der Waals surface area (Å²) in [5.74, 6) is 4.96. The maximum absolute atomic E-state index is 12.2. The molecule has 0 bridgehead atoms. The van der Waals surface area contributed by atoms with Gasteiger partial charge in [0.15, 0.2) is 39.6 Å². The number of nitrogens with zero attached hydrogens (tertiary/aromatic N) is 31. The molecule has 0 amide bonds. The van der Waals surface area contributed by atoms with Gasteiger partial charge in [-0.3, -0.25) is 23.5 Å². The zero-order valence-corrected chi connectivity index (χ0v) is 80.3. The number of piperazine rings is 5. The van der Waals surface area contributed by atoms with E-state index >= 15 is 0 Å². The number of hydrogen-bond acceptors (Lipinski definition) is 37. The van der Waals surface area contributed by atoms with Crippen LogP contribution in [-0.4, -0.2) is 304 Å². The normalized spacial score (nSPS) is 14.6. The molecule has 0 saturated carbocycles. The number of pyridine rings is 2. The van der Waals surface area contributed by atoms with E-state index in [0.29, 0.717) is 98.1 Å². The van der Waals surface area contributed by atoms with Crippen LogP contribution in [0.2, 0.25) is 5.02 Å². The number of hydrogen-bond donors (Lipinski definition) is 11. The lowest BCUT2D eigenvalue weighted by atomic mass is 10.2. The molecular weight excluding hydrogens is 1860 g/mol. The number of imidazole rings is 5. The number of nitrogens with one attached hydrogen (secondary N) is 1. The van der Waals surface area contributed by atoms with Crippen molar-refractivity contribution in [3.8, 4) is 51.6 Å². The van der Waals surface area contributed by atoms with Crippen LogP contribution in [0.5, 0.6) is 34.5 Å². The molecule has 0 radical (unpaired) electrons. The van der Waals surface area contributed by atoms with E-state index in [1.165, 1.54) is 0 Å². The smallest absolute Gasteiger partial charge is 0.272 e. The standard InChI is InChI=1S/C22H21ClN6O2.C21H21N7O2.C20H20N8O.C19H24N6O3.C18H22N6O2/c1-14-20-21(29(13-24-20)17-3-2-4-18(31)19(17)23)26-22(25-14)28-11-9-27(10-12-28)15-5-7-16(30)8-6-15;1-14-18-19(28(13-23-18)17-3-2-8-22-20(17)30)25-21(24-14)27-11-9-26(10-12-27)15-4-6-16(29)7-5-15;21-18-17-19(28(13-23-17)15-2-1-7-22-12-15)25-20(24-18)27-10-8-26(9-11-27)14-3-5-16(29)6-4-14;1-13-17-18(25(12-20-17)15(10-26)11-27)22-19(21-13)24-8-6-23(7-9-24)14-2-4-16(28)5-3-14;1-13-16-17(24(10-11-25)12-19-16)21-18(20-13)23-8-6-22(7-9-23)14-2-4-15(26)5-3-14/h2-8,13,30-31H,9-12H2,1H3;2-8,13,29H,9-12H2,1H3,(H,22,30);1-7,12-13,29H,8-11H2,(H2,21,24,25);2-5,12,15,26-28H,6-11H2,1H3;2-5,12,25-26H,6-11H2,1H3. The molecule has 18 aromatic rings. The third-order valence-corrected chi connectivity index (χ3v) is 26.4. The van der Waals surface area contributed by atoms with Gasteiger partial charge in [-0.25, -0.2) is 44.9 Å². The Balaban J connectivity index is 0.000000114. The predicted molar refractivity (Wildman–Crippen MR) is 552 cm³/mol. The number of aromatic hydroxyl groups is 6. The van der Waals surface area contributed by atoms with E-state index in [-0.39, 0.29) is 64.9 Å². The number of phenolic OH excluding ortho intramolecular Hbond substituents is 6. The van der Waals surface area contributed by atoms with E-state index < -0.39 is 6.04 Å². The van der Waals surface area contributed by atoms with E-state index in [9.17, 15) is 50.8 Å². The molecule has 43 nitrogen and oxygen atoms in total. The van der Waals surface area contributed by atoms with Crippen molar-refractivity contribution >= 4 is 131 Å². The summed E-state index contributed by atoms with van der Waals surface area (Å²) in [5.41, 5.74) is 23.3. The fourth-order valence-corrected chi connectivity index (χ4v) is 18.2. The number of anilines is 11. The highest BCUT2D eigenvalue weighted by Gasteiger charge is 2.31. The number of H-pyrrole nitrogens is 1. The van der Waals surface area contributed by atoms with Crippen molar-refractivity contribution < 1.29 is 46.0 Å². The molecule has 12 N–H and O–H groups in total. The lowest BCUT2D eigenvalue weighted by Crippen LogP contribution is -2.47. The maximum Gasteiger partial charge on any atom is 0.272 e. The number of aliphatic hydroxyl groups is 3. The van der Waals surface area contributed by atoms with Gasteiger partial charge in [0, 0.05) is 178 Å². The lowest BCUT2D eigenvalue weighted by molar-refractivity contribution is 0.156. The van der Waals surface area contributed by atoms with Gasteiger partial charge in [-0.15, -0.1) is 0 Å². The molecule has 5 aliphatic rings. The van der Waals surface area contributed by atoms with E-state index in [1.54, 1.807) is 149 Å². The third kappa shape index (κ3) is 20.8. The highest BCUT2D eigenvalue weighted by atomic mass is 35.5. The number of nitrogen functional groups attached to an aromatic ring is 1. The van der Waals surface area contributed by atoms with E-state index in [2.05, 4.69) is 114 Å². The Hall–Kier alpha value is -17.1. The van der Waals surface area contributed by atoms with Gasteiger partial charge in [-0.2, -0.15) is 29.9 Å². The molecule has 12 aromatic heterocycles. The maximum atomic E-state index is 12.2. The largest absolute Gasteiger partial charge is 0.508 e. The van der Waals surface area contributed by atoms with Crippen LogP contribution in [0.3, 0.4) is 0 Å². The van der Waals surface area contributed by atoms with Crippen molar-refractivity contribution in [3.05, 3.63) is 252 Å². The van der Waals surface area contributed by atoms with E-state index in [4.69, 9.17) is 37.3 Å². The molecule has 6 aromatic carbocycles. The fraction of sp³-hybridized carbons (Fsp3) is 0.290. The van der Waals surface area contributed by atoms with E-state index in [0.717, 1.165) is 199 Å². The van der Waals surface area contributed by atoms with Crippen LogP contribution in [0.15, 0.2) is 219 Å². The average molecular weight is 1970 g/mol. The second-order valence-electron chi connectivity index (χ2n) is 35.0. The highest BCUT2D eigenvalue weighted by Crippen LogP contribution is 2.36. The number of aliphatic hydroxyl groups excluding tert-OH is 3. The van der Waals surface area contributed by atoms with Crippen molar-refractivity contribution in [1.29, 1.82) is 0 Å². The van der Waals surface area contributed by atoms with Gasteiger partial charge in [0.2, 0.25) is 29.7 Å². The number of fused-ring (bicyclic) bond motifs is 5. The molecule has 5 aliphatic heterocycles. The predicted octanol–water partition coefficient (Wildman–Crippen LogP) is 9.04. The van der Waals surface area contributed by atoms with Gasteiger partial charge >= 0.3 is 0 Å². The Bertz CT molecular complexity index is 7550. The summed E-state index contributed by atoms with van der Waals surface area (Å²) in [7, 11) is 0. The summed E-state index contributed by atoms with van der Waals surface area (Å²) in [6.45, 7) is 23.9. The van der Waals surface area contributed by atoms with Gasteiger partial charge in [0.1, 0.15) is 86.3 Å². The zero-order valence-electron chi connectivity index (χ0n) is 79.5. The molecule has 23 rings (SSSR count). The number of nitrogens with two attached hydrogens (primary N) is 1. The van der Waals surface area contributed by atoms with Crippen LogP contribution in [0.25, 0.3) is 72.9 Å². The molecule has 740 valence electrons. The summed E-state index contributed by atoms with van der Waals surface area (Å²) in [5, 5.41) is 85.9. The van der Waals surface area contributed by atoms with Gasteiger partial charge in [0.25, 0.3) is 5.56 Å². The average Bonchev–Trinajstić information content (AvgIpc) is 1.65. The molecule has 17 heterocycles. The van der Waals surface area contributed by atoms with Gasteiger partial charge < -0.3 is 115 Å². The van der Waals surface area contributed by atoms with Crippen LogP contribution in [0, 0.1) is 27.7 Å². The molecule has 0 aliphatic carbocycles. The number of aryl methyl sites for hydroxylation is 4. The first kappa shape index (κ1) is 95.8. The van der Waals surface area contributed by atoms with Crippen LogP contribution < -0.4 is 60.3 Å². The number of aromatic amines is 1. The van der Waals surface area contributed by atoms with Crippen LogP contribution >= 0.6 is 11.6 Å². The summed E-state index contributed by atoms with van der Waals surface area (Å²) >= 11 is 6.32. The number of rotatable bonds is 18. The quantitative estimate of drug-likeness (QED) is 0.0381. The summed E-state index contributed by atoms with van der Waals surface area (Å²) < 4.78 is 8.93. The SMILES string of the molecule is Cc1nc(N2CCN(c3ccc(O)cc3)CC2)nc2c1ncn2-c1ccc[nH]c1=O.Cc1nc(N2CCN(c3ccc(O)cc3)CC2)nc2c1ncn2-c1cccc(O)c1Cl.Cc1nc(N2CCN(c3ccc(O)cc3)CC2)nc2c1ncn2C(CO)CO.Cc1nc(N2CCN(c3ccc(O)cc3)CC2)nc2c1ncn2CCO.Nc1nc(N2CCN(c3ccc(O)cc3)CC2)nc2c1ncn2-c1cccnc1. The monoisotopic (exact) mass is 1970 g/mol. The van der Waals surface area contributed by atoms with Crippen molar-refractivity contribution in [3.63, 3.8) is 0 Å². The second kappa shape index (κ2) is 42.6. The first-order valence-corrected chi connectivity index (χ1v) is 47.6. The number of phenols is 6. The minimum atomic E-state index is -0.474. The Morgan fingerprint density at radius 1 is 0.340 bits per heavy atom. The van der Waals surface area contributed by atoms with Crippen molar-refractivity contribution in [2.75, 3.05) is 205 Å².